The Hall–Kier alpha value is -1.68. The zero-order chi connectivity index (χ0) is 13.0. The molecule has 0 unspecified atom stereocenters. The molecule has 0 amide bonds. The SMILES string of the molecule is Cc1n[nH]c(C)c1CNCCc1cccc(F)c1. The van der Waals surface area contributed by atoms with E-state index in [1.807, 2.05) is 19.9 Å². The number of aryl methyl sites for hydroxylation is 2. The van der Waals surface area contributed by atoms with Crippen molar-refractivity contribution in [3.05, 3.63) is 52.6 Å². The first kappa shape index (κ1) is 12.8. The lowest BCUT2D eigenvalue weighted by Crippen LogP contribution is -2.17. The molecule has 2 rings (SSSR count). The summed E-state index contributed by atoms with van der Waals surface area (Å²) in [5, 5.41) is 10.5. The van der Waals surface area contributed by atoms with Crippen molar-refractivity contribution in [3.8, 4) is 0 Å². The largest absolute Gasteiger partial charge is 0.312 e. The van der Waals surface area contributed by atoms with E-state index in [0.717, 1.165) is 36.5 Å². The first-order valence-corrected chi connectivity index (χ1v) is 6.12. The highest BCUT2D eigenvalue weighted by molar-refractivity contribution is 5.23. The number of aromatic amines is 1. The molecule has 1 aromatic heterocycles. The molecule has 96 valence electrons. The van der Waals surface area contributed by atoms with Gasteiger partial charge < -0.3 is 5.32 Å². The minimum absolute atomic E-state index is 0.172. The molecule has 0 saturated carbocycles. The first-order valence-electron chi connectivity index (χ1n) is 6.12. The van der Waals surface area contributed by atoms with Gasteiger partial charge in [0, 0.05) is 17.8 Å². The summed E-state index contributed by atoms with van der Waals surface area (Å²) in [5.74, 6) is -0.172. The summed E-state index contributed by atoms with van der Waals surface area (Å²) in [5.41, 5.74) is 4.37. The smallest absolute Gasteiger partial charge is 0.123 e. The van der Waals surface area contributed by atoms with Crippen LogP contribution in [0.5, 0.6) is 0 Å². The minimum atomic E-state index is -0.172. The molecule has 0 saturated heterocycles. The number of nitrogens with zero attached hydrogens (tertiary/aromatic N) is 1. The van der Waals surface area contributed by atoms with Gasteiger partial charge in [0.25, 0.3) is 0 Å². The van der Waals surface area contributed by atoms with E-state index in [4.69, 9.17) is 0 Å². The normalized spacial score (nSPS) is 10.8. The molecule has 0 radical (unpaired) electrons. The Kier molecular flexibility index (Phi) is 4.10. The van der Waals surface area contributed by atoms with E-state index in [9.17, 15) is 4.39 Å². The molecule has 0 atom stereocenters. The molecule has 4 heteroatoms. The molecule has 2 N–H and O–H groups in total. The third-order valence-corrected chi connectivity index (χ3v) is 3.06. The summed E-state index contributed by atoms with van der Waals surface area (Å²) < 4.78 is 13.0. The fourth-order valence-corrected chi connectivity index (χ4v) is 1.97. The van der Waals surface area contributed by atoms with Gasteiger partial charge in [0.2, 0.25) is 0 Å². The van der Waals surface area contributed by atoms with Gasteiger partial charge in [0.1, 0.15) is 5.82 Å². The fourth-order valence-electron chi connectivity index (χ4n) is 1.97. The van der Waals surface area contributed by atoms with E-state index in [1.165, 1.54) is 11.6 Å². The zero-order valence-corrected chi connectivity index (χ0v) is 10.8. The lowest BCUT2D eigenvalue weighted by molar-refractivity contribution is 0.622. The van der Waals surface area contributed by atoms with Crippen LogP contribution in [-0.4, -0.2) is 16.7 Å². The molecule has 1 aromatic carbocycles. The van der Waals surface area contributed by atoms with Crippen LogP contribution in [0.25, 0.3) is 0 Å². The second-order valence-electron chi connectivity index (χ2n) is 4.47. The van der Waals surface area contributed by atoms with Gasteiger partial charge in [-0.15, -0.1) is 0 Å². The second-order valence-corrected chi connectivity index (χ2v) is 4.47. The van der Waals surface area contributed by atoms with Crippen molar-refractivity contribution in [1.29, 1.82) is 0 Å². The second kappa shape index (κ2) is 5.78. The summed E-state index contributed by atoms with van der Waals surface area (Å²) in [6.07, 6.45) is 0.827. The van der Waals surface area contributed by atoms with E-state index in [1.54, 1.807) is 12.1 Å². The Morgan fingerprint density at radius 1 is 1.33 bits per heavy atom. The number of aromatic nitrogens is 2. The summed E-state index contributed by atoms with van der Waals surface area (Å²) in [4.78, 5) is 0. The summed E-state index contributed by atoms with van der Waals surface area (Å²) in [7, 11) is 0. The van der Waals surface area contributed by atoms with Gasteiger partial charge in [-0.2, -0.15) is 5.10 Å². The van der Waals surface area contributed by atoms with Crippen LogP contribution in [0.2, 0.25) is 0 Å². The monoisotopic (exact) mass is 247 g/mol. The molecular formula is C14H18FN3. The molecule has 1 heterocycles. The Balaban J connectivity index is 1.80. The van der Waals surface area contributed by atoms with Crippen molar-refractivity contribution in [2.45, 2.75) is 26.8 Å². The van der Waals surface area contributed by atoms with E-state index >= 15 is 0 Å². The van der Waals surface area contributed by atoms with Gasteiger partial charge in [-0.05, 0) is 44.5 Å². The molecule has 2 aromatic rings. The van der Waals surface area contributed by atoms with E-state index in [0.29, 0.717) is 0 Å². The van der Waals surface area contributed by atoms with Crippen molar-refractivity contribution in [2.75, 3.05) is 6.54 Å². The van der Waals surface area contributed by atoms with Gasteiger partial charge in [0.05, 0.1) is 5.69 Å². The average Bonchev–Trinajstić information content (AvgIpc) is 2.66. The first-order chi connectivity index (χ1) is 8.66. The quantitative estimate of drug-likeness (QED) is 0.797. The minimum Gasteiger partial charge on any atom is -0.312 e. The van der Waals surface area contributed by atoms with Crippen LogP contribution in [0.1, 0.15) is 22.5 Å². The van der Waals surface area contributed by atoms with Crippen LogP contribution < -0.4 is 5.32 Å². The van der Waals surface area contributed by atoms with E-state index in [2.05, 4.69) is 15.5 Å². The highest BCUT2D eigenvalue weighted by atomic mass is 19.1. The average molecular weight is 247 g/mol. The Morgan fingerprint density at radius 3 is 2.83 bits per heavy atom. The van der Waals surface area contributed by atoms with Crippen LogP contribution >= 0.6 is 0 Å². The summed E-state index contributed by atoms with van der Waals surface area (Å²) >= 11 is 0. The number of nitrogens with one attached hydrogen (secondary N) is 2. The number of hydrogen-bond donors (Lipinski definition) is 2. The summed E-state index contributed by atoms with van der Waals surface area (Å²) in [6.45, 7) is 5.63. The van der Waals surface area contributed by atoms with E-state index < -0.39 is 0 Å². The van der Waals surface area contributed by atoms with Crippen molar-refractivity contribution >= 4 is 0 Å². The molecule has 0 aliphatic heterocycles. The van der Waals surface area contributed by atoms with Gasteiger partial charge in [-0.3, -0.25) is 5.10 Å². The predicted octanol–water partition coefficient (Wildman–Crippen LogP) is 2.50. The zero-order valence-electron chi connectivity index (χ0n) is 10.8. The Labute approximate surface area is 106 Å². The predicted molar refractivity (Wildman–Crippen MR) is 69.9 cm³/mol. The third kappa shape index (κ3) is 3.17. The molecule has 18 heavy (non-hydrogen) atoms. The van der Waals surface area contributed by atoms with Gasteiger partial charge >= 0.3 is 0 Å². The molecular weight excluding hydrogens is 229 g/mol. The highest BCUT2D eigenvalue weighted by Crippen LogP contribution is 2.08. The van der Waals surface area contributed by atoms with Crippen LogP contribution in [0.15, 0.2) is 24.3 Å². The maximum atomic E-state index is 13.0. The number of halogens is 1. The van der Waals surface area contributed by atoms with Gasteiger partial charge in [-0.25, -0.2) is 4.39 Å². The summed E-state index contributed by atoms with van der Waals surface area (Å²) in [6, 6.07) is 6.74. The van der Waals surface area contributed by atoms with Crippen LogP contribution in [0.3, 0.4) is 0 Å². The third-order valence-electron chi connectivity index (χ3n) is 3.06. The van der Waals surface area contributed by atoms with Crippen molar-refractivity contribution in [2.24, 2.45) is 0 Å². The van der Waals surface area contributed by atoms with Crippen LogP contribution in [0, 0.1) is 19.7 Å². The molecule has 0 spiro atoms. The Bertz CT molecular complexity index is 500. The van der Waals surface area contributed by atoms with Crippen molar-refractivity contribution in [3.63, 3.8) is 0 Å². The maximum Gasteiger partial charge on any atom is 0.123 e. The highest BCUT2D eigenvalue weighted by Gasteiger charge is 2.04. The van der Waals surface area contributed by atoms with Crippen LogP contribution in [0.4, 0.5) is 4.39 Å². The number of hydrogen-bond acceptors (Lipinski definition) is 2. The number of rotatable bonds is 5. The van der Waals surface area contributed by atoms with Gasteiger partial charge in [0.15, 0.2) is 0 Å². The Morgan fingerprint density at radius 2 is 2.17 bits per heavy atom. The molecule has 0 bridgehead atoms. The number of benzene rings is 1. The van der Waals surface area contributed by atoms with Crippen LogP contribution in [-0.2, 0) is 13.0 Å². The number of H-pyrrole nitrogens is 1. The molecule has 3 nitrogen and oxygen atoms in total. The molecule has 0 fully saturated rings. The van der Waals surface area contributed by atoms with E-state index in [-0.39, 0.29) is 5.82 Å². The van der Waals surface area contributed by atoms with Crippen molar-refractivity contribution in [1.82, 2.24) is 15.5 Å². The van der Waals surface area contributed by atoms with Crippen molar-refractivity contribution < 1.29 is 4.39 Å². The molecule has 0 aliphatic carbocycles. The standard InChI is InChI=1S/C14H18FN3/c1-10-14(11(2)18-17-10)9-16-7-6-12-4-3-5-13(15)8-12/h3-5,8,16H,6-7,9H2,1-2H3,(H,17,18). The maximum absolute atomic E-state index is 13.0. The van der Waals surface area contributed by atoms with Gasteiger partial charge in [-0.1, -0.05) is 12.1 Å². The lowest BCUT2D eigenvalue weighted by atomic mass is 10.1. The lowest BCUT2D eigenvalue weighted by Gasteiger charge is -2.05. The fraction of sp³-hybridized carbons (Fsp3) is 0.357. The topological polar surface area (TPSA) is 40.7 Å². The molecule has 0 aliphatic rings.